The van der Waals surface area contributed by atoms with Crippen LogP contribution < -0.4 is 5.32 Å². The monoisotopic (exact) mass is 434 g/mol. The molecule has 30 heavy (non-hydrogen) atoms. The Labute approximate surface area is 177 Å². The summed E-state index contributed by atoms with van der Waals surface area (Å²) in [5.41, 5.74) is 0.306. The first kappa shape index (κ1) is 20.2. The van der Waals surface area contributed by atoms with Crippen molar-refractivity contribution in [2.75, 3.05) is 38.5 Å². The Balaban J connectivity index is 1.37. The third-order valence-corrected chi connectivity index (χ3v) is 9.93. The molecule has 1 aliphatic heterocycles. The molecule has 0 aromatic heterocycles. The van der Waals surface area contributed by atoms with Crippen LogP contribution in [0.15, 0.2) is 23.1 Å². The van der Waals surface area contributed by atoms with Gasteiger partial charge in [-0.25, -0.2) is 8.42 Å². The van der Waals surface area contributed by atoms with Crippen molar-refractivity contribution in [3.63, 3.8) is 0 Å². The zero-order valence-electron chi connectivity index (χ0n) is 17.4. The largest absolute Gasteiger partial charge is 0.376 e. The van der Waals surface area contributed by atoms with Gasteiger partial charge in [0, 0.05) is 38.3 Å². The molecule has 4 fully saturated rings. The molecule has 0 unspecified atom stereocenters. The molecular formula is C21H30N4O4S. The number of likely N-dealkylation sites (N-methyl/N-ethyl adjacent to an activating group) is 1. The zero-order valence-corrected chi connectivity index (χ0v) is 18.2. The maximum atomic E-state index is 13.0. The van der Waals surface area contributed by atoms with Gasteiger partial charge < -0.3 is 10.2 Å². The van der Waals surface area contributed by atoms with Gasteiger partial charge in [-0.15, -0.1) is 0 Å². The minimum absolute atomic E-state index is 0.00750. The fourth-order valence-corrected chi connectivity index (χ4v) is 8.00. The van der Waals surface area contributed by atoms with Crippen molar-refractivity contribution in [1.29, 1.82) is 0 Å². The second kappa shape index (κ2) is 7.46. The number of nitrogens with zero attached hydrogens (tertiary/aromatic N) is 3. The average molecular weight is 435 g/mol. The van der Waals surface area contributed by atoms with Gasteiger partial charge in [0.25, 0.3) is 5.69 Å². The number of sulfonamides is 1. The number of fused-ring (bicyclic) bond motifs is 5. The second-order valence-electron chi connectivity index (χ2n) is 9.55. The Morgan fingerprint density at radius 2 is 1.80 bits per heavy atom. The number of nitro benzene ring substituents is 1. The Bertz CT molecular complexity index is 944. The highest BCUT2D eigenvalue weighted by atomic mass is 32.2. The zero-order chi connectivity index (χ0) is 21.0. The molecule has 164 valence electrons. The summed E-state index contributed by atoms with van der Waals surface area (Å²) in [6.45, 7) is 2.13. The van der Waals surface area contributed by atoms with Crippen LogP contribution in [0, 0.1) is 33.8 Å². The predicted octanol–water partition coefficient (Wildman–Crippen LogP) is 2.77. The molecule has 3 saturated carbocycles. The molecule has 4 aliphatic rings. The van der Waals surface area contributed by atoms with Crippen LogP contribution >= 0.6 is 0 Å². The van der Waals surface area contributed by atoms with Crippen LogP contribution in [0.2, 0.25) is 0 Å². The van der Waals surface area contributed by atoms with E-state index in [0.717, 1.165) is 24.2 Å². The van der Waals surface area contributed by atoms with Crippen molar-refractivity contribution < 1.29 is 13.3 Å². The highest BCUT2D eigenvalue weighted by molar-refractivity contribution is 7.89. The Morgan fingerprint density at radius 1 is 1.07 bits per heavy atom. The van der Waals surface area contributed by atoms with E-state index in [1.54, 1.807) is 6.07 Å². The number of nitrogens with one attached hydrogen (secondary N) is 1. The number of anilines is 1. The first-order valence-electron chi connectivity index (χ1n) is 11.1. The van der Waals surface area contributed by atoms with E-state index in [9.17, 15) is 18.5 Å². The number of benzene rings is 1. The highest BCUT2D eigenvalue weighted by Gasteiger charge is 2.53. The average Bonchev–Trinajstić information content (AvgIpc) is 3.42. The maximum Gasteiger partial charge on any atom is 0.293 e. The minimum Gasteiger partial charge on any atom is -0.376 e. The molecule has 1 aromatic carbocycles. The van der Waals surface area contributed by atoms with E-state index in [-0.39, 0.29) is 16.6 Å². The summed E-state index contributed by atoms with van der Waals surface area (Å²) in [7, 11) is -1.77. The summed E-state index contributed by atoms with van der Waals surface area (Å²) < 4.78 is 27.5. The van der Waals surface area contributed by atoms with Crippen LogP contribution in [-0.2, 0) is 10.0 Å². The van der Waals surface area contributed by atoms with Crippen molar-refractivity contribution in [1.82, 2.24) is 9.21 Å². The van der Waals surface area contributed by atoms with Gasteiger partial charge in [0.05, 0.1) is 9.82 Å². The van der Waals surface area contributed by atoms with Crippen LogP contribution in [-0.4, -0.2) is 61.8 Å². The molecule has 1 aromatic rings. The molecule has 1 heterocycles. The lowest BCUT2D eigenvalue weighted by Gasteiger charge is -2.33. The standard InChI is InChI=1S/C21H30N4O4S/c1-23-7-9-24(10-8-23)30(28,29)15-5-6-19(21(13-15)25(26)27)22-20-12-14-11-18(20)17-4-2-3-16(14)17/h5-6,13-14,16-18,20,22H,2-4,7-12H2,1H3/t14-,16+,17-,18+,20-/m1/s1. The van der Waals surface area contributed by atoms with Crippen molar-refractivity contribution in [3.8, 4) is 0 Å². The van der Waals surface area contributed by atoms with Crippen LogP contribution in [0.4, 0.5) is 11.4 Å². The van der Waals surface area contributed by atoms with Crippen molar-refractivity contribution in [2.24, 2.45) is 23.7 Å². The topological polar surface area (TPSA) is 95.8 Å². The van der Waals surface area contributed by atoms with Gasteiger partial charge in [-0.3, -0.25) is 10.1 Å². The Morgan fingerprint density at radius 3 is 2.53 bits per heavy atom. The summed E-state index contributed by atoms with van der Waals surface area (Å²) in [5, 5.41) is 15.2. The van der Waals surface area contributed by atoms with Gasteiger partial charge in [0.2, 0.25) is 10.0 Å². The van der Waals surface area contributed by atoms with Gasteiger partial charge in [0.15, 0.2) is 0 Å². The molecule has 9 heteroatoms. The van der Waals surface area contributed by atoms with Gasteiger partial charge in [-0.05, 0) is 68.5 Å². The third-order valence-electron chi connectivity index (χ3n) is 8.04. The Hall–Kier alpha value is -1.71. The lowest BCUT2D eigenvalue weighted by molar-refractivity contribution is -0.384. The number of hydrogen-bond donors (Lipinski definition) is 1. The summed E-state index contributed by atoms with van der Waals surface area (Å²) in [4.78, 5) is 13.4. The van der Waals surface area contributed by atoms with E-state index in [0.29, 0.717) is 37.8 Å². The first-order chi connectivity index (χ1) is 14.3. The smallest absolute Gasteiger partial charge is 0.293 e. The minimum atomic E-state index is -3.73. The summed E-state index contributed by atoms with van der Waals surface area (Å²) in [6.07, 6.45) is 6.25. The summed E-state index contributed by atoms with van der Waals surface area (Å²) in [5.74, 6) is 2.96. The molecule has 0 radical (unpaired) electrons. The second-order valence-corrected chi connectivity index (χ2v) is 11.5. The van der Waals surface area contributed by atoms with Crippen molar-refractivity contribution >= 4 is 21.4 Å². The molecule has 1 N–H and O–H groups in total. The number of piperazine rings is 1. The molecule has 5 rings (SSSR count). The third kappa shape index (κ3) is 3.31. The first-order valence-corrected chi connectivity index (χ1v) is 12.5. The normalized spacial score (nSPS) is 34.2. The molecule has 3 aliphatic carbocycles. The molecule has 0 spiro atoms. The van der Waals surface area contributed by atoms with E-state index in [4.69, 9.17) is 0 Å². The molecule has 1 saturated heterocycles. The van der Waals surface area contributed by atoms with E-state index >= 15 is 0 Å². The highest BCUT2D eigenvalue weighted by Crippen LogP contribution is 2.59. The van der Waals surface area contributed by atoms with E-state index in [1.165, 1.54) is 42.1 Å². The number of nitro groups is 1. The summed E-state index contributed by atoms with van der Waals surface area (Å²) in [6, 6.07) is 4.61. The van der Waals surface area contributed by atoms with Crippen molar-refractivity contribution in [3.05, 3.63) is 28.3 Å². The lowest BCUT2D eigenvalue weighted by atomic mass is 9.79. The van der Waals surface area contributed by atoms with Gasteiger partial charge in [-0.1, -0.05) is 6.42 Å². The number of rotatable bonds is 5. The van der Waals surface area contributed by atoms with Crippen LogP contribution in [0.3, 0.4) is 0 Å². The van der Waals surface area contributed by atoms with Gasteiger partial charge >= 0.3 is 0 Å². The molecule has 2 bridgehead atoms. The van der Waals surface area contributed by atoms with Crippen LogP contribution in [0.1, 0.15) is 32.1 Å². The quantitative estimate of drug-likeness (QED) is 0.566. The molecule has 0 amide bonds. The molecular weight excluding hydrogens is 404 g/mol. The van der Waals surface area contributed by atoms with Gasteiger partial charge in [0.1, 0.15) is 5.69 Å². The SMILES string of the molecule is CN1CCN(S(=O)(=O)c2ccc(N[C@@H]3C[C@H]4C[C@H]3[C@@H]3CCC[C@@H]43)c([N+](=O)[O-])c2)CC1. The Kier molecular flexibility index (Phi) is 5.02. The van der Waals surface area contributed by atoms with E-state index in [2.05, 4.69) is 10.2 Å². The predicted molar refractivity (Wildman–Crippen MR) is 114 cm³/mol. The fourth-order valence-electron chi connectivity index (χ4n) is 6.56. The van der Waals surface area contributed by atoms with E-state index < -0.39 is 14.9 Å². The van der Waals surface area contributed by atoms with Crippen molar-refractivity contribution in [2.45, 2.75) is 43.0 Å². The number of hydrogen-bond acceptors (Lipinski definition) is 6. The van der Waals surface area contributed by atoms with Crippen LogP contribution in [0.25, 0.3) is 0 Å². The van der Waals surface area contributed by atoms with Gasteiger partial charge in [-0.2, -0.15) is 4.31 Å². The molecule has 8 nitrogen and oxygen atoms in total. The van der Waals surface area contributed by atoms with Crippen LogP contribution in [0.5, 0.6) is 0 Å². The summed E-state index contributed by atoms with van der Waals surface area (Å²) >= 11 is 0. The lowest BCUT2D eigenvalue weighted by Crippen LogP contribution is -2.47. The molecule has 5 atom stereocenters. The van der Waals surface area contributed by atoms with E-state index in [1.807, 2.05) is 7.05 Å². The fraction of sp³-hybridized carbons (Fsp3) is 0.714. The maximum absolute atomic E-state index is 13.0.